The Balaban J connectivity index is 2.75. The SMILES string of the molecule is CCS(=O)(=O)N(CCCOC)Cc1cccn1C. The van der Waals surface area contributed by atoms with Crippen molar-refractivity contribution < 1.29 is 13.2 Å². The molecular formula is C12H22N2O3S. The van der Waals surface area contributed by atoms with Gasteiger partial charge in [-0.25, -0.2) is 8.42 Å². The molecule has 6 heteroatoms. The van der Waals surface area contributed by atoms with Gasteiger partial charge in [-0.15, -0.1) is 0 Å². The van der Waals surface area contributed by atoms with E-state index < -0.39 is 10.0 Å². The average Bonchev–Trinajstić information content (AvgIpc) is 2.74. The molecule has 0 saturated carbocycles. The Morgan fingerprint density at radius 3 is 2.67 bits per heavy atom. The summed E-state index contributed by atoms with van der Waals surface area (Å²) in [4.78, 5) is 0. The van der Waals surface area contributed by atoms with E-state index in [4.69, 9.17) is 4.74 Å². The lowest BCUT2D eigenvalue weighted by molar-refractivity contribution is 0.186. The van der Waals surface area contributed by atoms with Gasteiger partial charge in [0.15, 0.2) is 0 Å². The monoisotopic (exact) mass is 274 g/mol. The first-order valence-electron chi connectivity index (χ1n) is 6.08. The zero-order valence-electron chi connectivity index (χ0n) is 11.3. The first-order chi connectivity index (χ1) is 8.51. The summed E-state index contributed by atoms with van der Waals surface area (Å²) in [6, 6.07) is 3.86. The van der Waals surface area contributed by atoms with Crippen LogP contribution in [0.15, 0.2) is 18.3 Å². The Hall–Kier alpha value is -0.850. The molecular weight excluding hydrogens is 252 g/mol. The molecule has 0 spiro atoms. The third-order valence-corrected chi connectivity index (χ3v) is 4.73. The van der Waals surface area contributed by atoms with Crippen LogP contribution in [0, 0.1) is 0 Å². The highest BCUT2D eigenvalue weighted by Gasteiger charge is 2.20. The number of nitrogens with zero attached hydrogens (tertiary/aromatic N) is 2. The highest BCUT2D eigenvalue weighted by molar-refractivity contribution is 7.89. The molecule has 0 fully saturated rings. The van der Waals surface area contributed by atoms with E-state index in [9.17, 15) is 8.42 Å². The highest BCUT2D eigenvalue weighted by atomic mass is 32.2. The second kappa shape index (κ2) is 6.92. The maximum absolute atomic E-state index is 12.0. The molecule has 0 aliphatic rings. The van der Waals surface area contributed by atoms with Crippen LogP contribution >= 0.6 is 0 Å². The van der Waals surface area contributed by atoms with Gasteiger partial charge < -0.3 is 9.30 Å². The van der Waals surface area contributed by atoms with Gasteiger partial charge >= 0.3 is 0 Å². The zero-order valence-corrected chi connectivity index (χ0v) is 12.1. The summed E-state index contributed by atoms with van der Waals surface area (Å²) in [6.07, 6.45) is 2.63. The smallest absolute Gasteiger partial charge is 0.214 e. The van der Waals surface area contributed by atoms with Gasteiger partial charge in [0.05, 0.1) is 12.3 Å². The van der Waals surface area contributed by atoms with E-state index in [0.717, 1.165) is 5.69 Å². The number of aromatic nitrogens is 1. The van der Waals surface area contributed by atoms with Crippen molar-refractivity contribution in [2.24, 2.45) is 7.05 Å². The summed E-state index contributed by atoms with van der Waals surface area (Å²) in [7, 11) is 0.370. The first-order valence-corrected chi connectivity index (χ1v) is 7.69. The largest absolute Gasteiger partial charge is 0.385 e. The predicted molar refractivity (Wildman–Crippen MR) is 71.8 cm³/mol. The number of aryl methyl sites for hydroxylation is 1. The Morgan fingerprint density at radius 2 is 2.17 bits per heavy atom. The van der Waals surface area contributed by atoms with Crippen molar-refractivity contribution in [3.63, 3.8) is 0 Å². The van der Waals surface area contributed by atoms with Gasteiger partial charge in [-0.1, -0.05) is 0 Å². The number of sulfonamides is 1. The average molecular weight is 274 g/mol. The second-order valence-electron chi connectivity index (χ2n) is 4.19. The van der Waals surface area contributed by atoms with Crippen molar-refractivity contribution in [1.82, 2.24) is 8.87 Å². The molecule has 1 aromatic rings. The van der Waals surface area contributed by atoms with Gasteiger partial charge in [-0.2, -0.15) is 4.31 Å². The van der Waals surface area contributed by atoms with E-state index in [1.54, 1.807) is 14.0 Å². The van der Waals surface area contributed by atoms with E-state index in [-0.39, 0.29) is 5.75 Å². The molecule has 0 aliphatic heterocycles. The van der Waals surface area contributed by atoms with Crippen LogP contribution in [-0.4, -0.2) is 43.3 Å². The lowest BCUT2D eigenvalue weighted by atomic mass is 10.4. The Morgan fingerprint density at radius 1 is 1.44 bits per heavy atom. The van der Waals surface area contributed by atoms with Crippen molar-refractivity contribution in [3.8, 4) is 0 Å². The molecule has 0 aromatic carbocycles. The van der Waals surface area contributed by atoms with Crippen LogP contribution in [0.5, 0.6) is 0 Å². The Bertz CT molecular complexity index is 454. The predicted octanol–water partition coefficient (Wildman–Crippen LogP) is 1.21. The molecule has 5 nitrogen and oxygen atoms in total. The van der Waals surface area contributed by atoms with Gasteiger partial charge in [-0.05, 0) is 25.5 Å². The third-order valence-electron chi connectivity index (χ3n) is 2.90. The molecule has 0 atom stereocenters. The number of methoxy groups -OCH3 is 1. The van der Waals surface area contributed by atoms with E-state index >= 15 is 0 Å². The molecule has 0 N–H and O–H groups in total. The minimum absolute atomic E-state index is 0.129. The molecule has 0 radical (unpaired) electrons. The van der Waals surface area contributed by atoms with Crippen LogP contribution in [0.4, 0.5) is 0 Å². The van der Waals surface area contributed by atoms with E-state index in [2.05, 4.69) is 0 Å². The summed E-state index contributed by atoms with van der Waals surface area (Å²) >= 11 is 0. The molecule has 0 bridgehead atoms. The lowest BCUT2D eigenvalue weighted by Gasteiger charge is -2.21. The highest BCUT2D eigenvalue weighted by Crippen LogP contribution is 2.11. The minimum atomic E-state index is -3.17. The molecule has 1 heterocycles. The molecule has 104 valence electrons. The number of ether oxygens (including phenoxy) is 1. The van der Waals surface area contributed by atoms with Gasteiger partial charge in [-0.3, -0.25) is 0 Å². The van der Waals surface area contributed by atoms with Gasteiger partial charge in [0.1, 0.15) is 0 Å². The van der Waals surface area contributed by atoms with E-state index in [1.807, 2.05) is 29.9 Å². The number of rotatable bonds is 8. The van der Waals surface area contributed by atoms with Crippen LogP contribution in [0.2, 0.25) is 0 Å². The Labute approximate surface area is 109 Å². The van der Waals surface area contributed by atoms with Crippen LogP contribution in [0.25, 0.3) is 0 Å². The summed E-state index contributed by atoms with van der Waals surface area (Å²) in [6.45, 7) is 3.16. The third kappa shape index (κ3) is 4.12. The summed E-state index contributed by atoms with van der Waals surface area (Å²) in [5.74, 6) is 0.129. The van der Waals surface area contributed by atoms with E-state index in [1.165, 1.54) is 4.31 Å². The fourth-order valence-corrected chi connectivity index (χ4v) is 2.83. The Kier molecular flexibility index (Phi) is 5.84. The molecule has 18 heavy (non-hydrogen) atoms. The van der Waals surface area contributed by atoms with E-state index in [0.29, 0.717) is 26.1 Å². The quantitative estimate of drug-likeness (QED) is 0.670. The van der Waals surface area contributed by atoms with Crippen molar-refractivity contribution >= 4 is 10.0 Å². The van der Waals surface area contributed by atoms with Gasteiger partial charge in [0.2, 0.25) is 10.0 Å². The van der Waals surface area contributed by atoms with Crippen LogP contribution in [0.1, 0.15) is 19.0 Å². The summed E-state index contributed by atoms with van der Waals surface area (Å²) in [5, 5.41) is 0. The number of hydrogen-bond acceptors (Lipinski definition) is 3. The van der Waals surface area contributed by atoms with Gasteiger partial charge in [0, 0.05) is 39.2 Å². The molecule has 1 rings (SSSR count). The fourth-order valence-electron chi connectivity index (χ4n) is 1.73. The molecule has 0 saturated heterocycles. The maximum Gasteiger partial charge on any atom is 0.214 e. The topological polar surface area (TPSA) is 51.5 Å². The van der Waals surface area contributed by atoms with Gasteiger partial charge in [0.25, 0.3) is 0 Å². The minimum Gasteiger partial charge on any atom is -0.385 e. The van der Waals surface area contributed by atoms with Crippen molar-refractivity contribution in [1.29, 1.82) is 0 Å². The normalized spacial score (nSPS) is 12.2. The van der Waals surface area contributed by atoms with Crippen LogP contribution in [0.3, 0.4) is 0 Å². The van der Waals surface area contributed by atoms with Crippen LogP contribution < -0.4 is 0 Å². The standard InChI is InChI=1S/C12H22N2O3S/c1-4-18(15,16)14(9-6-10-17-3)11-12-7-5-8-13(12)2/h5,7-8H,4,6,9-11H2,1-3H3. The van der Waals surface area contributed by atoms with Crippen molar-refractivity contribution in [2.45, 2.75) is 19.9 Å². The van der Waals surface area contributed by atoms with Crippen LogP contribution in [-0.2, 0) is 28.4 Å². The number of hydrogen-bond donors (Lipinski definition) is 0. The molecule has 0 aliphatic carbocycles. The second-order valence-corrected chi connectivity index (χ2v) is 6.45. The summed E-state index contributed by atoms with van der Waals surface area (Å²) < 4.78 is 32.5. The van der Waals surface area contributed by atoms with Crippen molar-refractivity contribution in [3.05, 3.63) is 24.0 Å². The molecule has 0 unspecified atom stereocenters. The summed E-state index contributed by atoms with van der Waals surface area (Å²) in [5.41, 5.74) is 0.990. The zero-order chi connectivity index (χ0) is 13.6. The van der Waals surface area contributed by atoms with Crippen molar-refractivity contribution in [2.75, 3.05) is 26.0 Å². The maximum atomic E-state index is 12.0. The lowest BCUT2D eigenvalue weighted by Crippen LogP contribution is -2.33. The molecule has 1 aromatic heterocycles. The first kappa shape index (κ1) is 15.2. The molecule has 0 amide bonds. The fraction of sp³-hybridized carbons (Fsp3) is 0.667.